The first kappa shape index (κ1) is 23.6. The normalized spacial score (nSPS) is 22.3. The minimum absolute atomic E-state index is 0.103. The Balaban J connectivity index is 1.54. The van der Waals surface area contributed by atoms with Gasteiger partial charge in [-0.05, 0) is 73.4 Å². The van der Waals surface area contributed by atoms with Gasteiger partial charge in [-0.2, -0.15) is 13.2 Å². The summed E-state index contributed by atoms with van der Waals surface area (Å²) in [6.45, 7) is 2.00. The molecule has 4 nitrogen and oxygen atoms in total. The number of rotatable bonds is 5. The van der Waals surface area contributed by atoms with Crippen molar-refractivity contribution in [3.05, 3.63) is 75.2 Å². The van der Waals surface area contributed by atoms with E-state index in [0.717, 1.165) is 29.5 Å². The second kappa shape index (κ2) is 9.03. The lowest BCUT2D eigenvalue weighted by atomic mass is 9.64. The smallest absolute Gasteiger partial charge is 0.416 e. The molecular weight excluding hydrogens is 453 g/mol. The van der Waals surface area contributed by atoms with Gasteiger partial charge in [0, 0.05) is 23.0 Å². The summed E-state index contributed by atoms with van der Waals surface area (Å²) < 4.78 is 45.3. The molecule has 1 atom stereocenters. The molecule has 3 aromatic rings. The minimum Gasteiger partial charge on any atom is -0.489 e. The van der Waals surface area contributed by atoms with E-state index < -0.39 is 17.2 Å². The van der Waals surface area contributed by atoms with Crippen LogP contribution < -0.4 is 16.0 Å². The van der Waals surface area contributed by atoms with Crippen LogP contribution in [0.25, 0.3) is 10.8 Å². The molecule has 1 aliphatic rings. The lowest BCUT2D eigenvalue weighted by Crippen LogP contribution is -2.48. The molecule has 0 unspecified atom stereocenters. The lowest BCUT2D eigenvalue weighted by molar-refractivity contribution is -0.137. The van der Waals surface area contributed by atoms with Gasteiger partial charge in [-0.25, -0.2) is 0 Å². The molecule has 176 valence electrons. The zero-order valence-corrected chi connectivity index (χ0v) is 19.0. The summed E-state index contributed by atoms with van der Waals surface area (Å²) in [6, 6.07) is 10.4. The molecule has 4 rings (SSSR count). The quantitative estimate of drug-likeness (QED) is 0.459. The van der Waals surface area contributed by atoms with E-state index in [2.05, 4.69) is 4.98 Å². The summed E-state index contributed by atoms with van der Waals surface area (Å²) >= 11 is 6.38. The summed E-state index contributed by atoms with van der Waals surface area (Å²) in [5, 5.41) is 1.60. The number of ether oxygens (including phenoxy) is 1. The molecule has 0 spiro atoms. The van der Waals surface area contributed by atoms with Crippen LogP contribution in [0.15, 0.2) is 53.5 Å². The summed E-state index contributed by atoms with van der Waals surface area (Å²) in [5.41, 5.74) is 6.08. The summed E-state index contributed by atoms with van der Waals surface area (Å²) in [5.74, 6) is 0.515. The highest BCUT2D eigenvalue weighted by Gasteiger charge is 2.42. The van der Waals surface area contributed by atoms with Gasteiger partial charge >= 0.3 is 6.18 Å². The second-order valence-corrected chi connectivity index (χ2v) is 9.15. The number of halogens is 4. The molecule has 1 saturated carbocycles. The highest BCUT2D eigenvalue weighted by molar-refractivity contribution is 6.32. The number of aromatic amines is 1. The molecule has 0 aliphatic heterocycles. The van der Waals surface area contributed by atoms with Crippen molar-refractivity contribution in [1.82, 2.24) is 4.98 Å². The molecule has 1 aliphatic carbocycles. The molecule has 3 N–H and O–H groups in total. The van der Waals surface area contributed by atoms with Crippen LogP contribution in [0.3, 0.4) is 0 Å². The summed E-state index contributed by atoms with van der Waals surface area (Å²) in [6.07, 6.45) is 0.607. The van der Waals surface area contributed by atoms with Gasteiger partial charge in [0.15, 0.2) is 0 Å². The standard InChI is InChI=1S/C25H26ClF3N2O2/c1-2-22(30)24(16-3-5-17(6-4-16)25(27,28)29)10-7-18(8-11-24)33-21-13-15-9-12-31-23(32)19(15)14-20(21)26/h3-6,9,12-14,18,22H,2,7-8,10-11,30H2,1H3,(H,31,32)/t18-,22-,24-/m1/s1. The average molecular weight is 479 g/mol. The Morgan fingerprint density at radius 1 is 1.18 bits per heavy atom. The molecule has 0 bridgehead atoms. The molecular formula is C25H26ClF3N2O2. The zero-order valence-electron chi connectivity index (χ0n) is 18.2. The first-order chi connectivity index (χ1) is 15.6. The number of fused-ring (bicyclic) bond motifs is 1. The van der Waals surface area contributed by atoms with Gasteiger partial charge in [0.25, 0.3) is 5.56 Å². The Morgan fingerprint density at radius 2 is 1.85 bits per heavy atom. The summed E-state index contributed by atoms with van der Waals surface area (Å²) in [7, 11) is 0. The van der Waals surface area contributed by atoms with Crippen LogP contribution in [-0.2, 0) is 11.6 Å². The molecule has 0 radical (unpaired) electrons. The van der Waals surface area contributed by atoms with Gasteiger partial charge in [0.2, 0.25) is 0 Å². The van der Waals surface area contributed by atoms with Gasteiger partial charge in [0.1, 0.15) is 5.75 Å². The van der Waals surface area contributed by atoms with Gasteiger partial charge in [-0.15, -0.1) is 0 Å². The third-order valence-corrected chi connectivity index (χ3v) is 7.18. The van der Waals surface area contributed by atoms with Crippen molar-refractivity contribution in [2.45, 2.75) is 62.8 Å². The third-order valence-electron chi connectivity index (χ3n) is 6.88. The number of aromatic nitrogens is 1. The van der Waals surface area contributed by atoms with E-state index in [1.165, 1.54) is 0 Å². The Bertz CT molecular complexity index is 1180. The van der Waals surface area contributed by atoms with Gasteiger partial charge in [0.05, 0.1) is 16.7 Å². The number of nitrogens with two attached hydrogens (primary N) is 1. The number of benzene rings is 2. The van der Waals surface area contributed by atoms with E-state index in [1.807, 2.05) is 6.92 Å². The molecule has 0 amide bonds. The molecule has 1 fully saturated rings. The SMILES string of the molecule is CC[C@@H](N)[C@]1(c2ccc(C(F)(F)F)cc2)CC[C@@H](Oc2cc3cc[nH]c(=O)c3cc2Cl)CC1. The van der Waals surface area contributed by atoms with Crippen molar-refractivity contribution in [3.63, 3.8) is 0 Å². The molecule has 2 aromatic carbocycles. The predicted molar refractivity (Wildman–Crippen MR) is 124 cm³/mol. The molecule has 0 saturated heterocycles. The van der Waals surface area contributed by atoms with Crippen LogP contribution in [-0.4, -0.2) is 17.1 Å². The fourth-order valence-electron chi connectivity index (χ4n) is 4.94. The highest BCUT2D eigenvalue weighted by Crippen LogP contribution is 2.44. The molecule has 33 heavy (non-hydrogen) atoms. The van der Waals surface area contributed by atoms with E-state index in [-0.39, 0.29) is 17.7 Å². The average Bonchev–Trinajstić information content (AvgIpc) is 2.80. The second-order valence-electron chi connectivity index (χ2n) is 8.74. The number of hydrogen-bond donors (Lipinski definition) is 2. The number of H-pyrrole nitrogens is 1. The zero-order chi connectivity index (χ0) is 23.8. The van der Waals surface area contributed by atoms with Crippen molar-refractivity contribution in [2.75, 3.05) is 0 Å². The van der Waals surface area contributed by atoms with Crippen molar-refractivity contribution < 1.29 is 17.9 Å². The predicted octanol–water partition coefficient (Wildman–Crippen LogP) is 6.20. The van der Waals surface area contributed by atoms with Crippen LogP contribution in [0.4, 0.5) is 13.2 Å². The first-order valence-electron chi connectivity index (χ1n) is 11.0. The van der Waals surface area contributed by atoms with Crippen molar-refractivity contribution in [3.8, 4) is 5.75 Å². The Labute approximate surface area is 194 Å². The maximum atomic E-state index is 13.0. The number of alkyl halides is 3. The lowest BCUT2D eigenvalue weighted by Gasteiger charge is -2.44. The fourth-order valence-corrected chi connectivity index (χ4v) is 5.15. The van der Waals surface area contributed by atoms with Crippen LogP contribution in [0.5, 0.6) is 5.75 Å². The van der Waals surface area contributed by atoms with Crippen LogP contribution >= 0.6 is 11.6 Å². The minimum atomic E-state index is -4.37. The van der Waals surface area contributed by atoms with Crippen molar-refractivity contribution >= 4 is 22.4 Å². The Kier molecular flexibility index (Phi) is 6.47. The number of hydrogen-bond acceptors (Lipinski definition) is 3. The van der Waals surface area contributed by atoms with Crippen LogP contribution in [0, 0.1) is 0 Å². The van der Waals surface area contributed by atoms with Gasteiger partial charge < -0.3 is 15.5 Å². The largest absolute Gasteiger partial charge is 0.489 e. The molecule has 1 heterocycles. The van der Waals surface area contributed by atoms with E-state index >= 15 is 0 Å². The topological polar surface area (TPSA) is 68.1 Å². The van der Waals surface area contributed by atoms with Crippen molar-refractivity contribution in [1.29, 1.82) is 0 Å². The van der Waals surface area contributed by atoms with Crippen LogP contribution in [0.2, 0.25) is 5.02 Å². The first-order valence-corrected chi connectivity index (χ1v) is 11.4. The van der Waals surface area contributed by atoms with E-state index in [9.17, 15) is 18.0 Å². The number of nitrogens with one attached hydrogen (secondary N) is 1. The summed E-state index contributed by atoms with van der Waals surface area (Å²) in [4.78, 5) is 14.6. The van der Waals surface area contributed by atoms with Crippen LogP contribution in [0.1, 0.15) is 50.2 Å². The third kappa shape index (κ3) is 4.62. The van der Waals surface area contributed by atoms with E-state index in [4.69, 9.17) is 22.1 Å². The molecule has 8 heteroatoms. The maximum absolute atomic E-state index is 13.0. The monoisotopic (exact) mass is 478 g/mol. The fraction of sp³-hybridized carbons (Fsp3) is 0.400. The number of pyridine rings is 1. The van der Waals surface area contributed by atoms with E-state index in [1.54, 1.807) is 36.5 Å². The maximum Gasteiger partial charge on any atom is 0.416 e. The van der Waals surface area contributed by atoms with Gasteiger partial charge in [-0.3, -0.25) is 4.79 Å². The molecule has 1 aromatic heterocycles. The highest BCUT2D eigenvalue weighted by atomic mass is 35.5. The van der Waals surface area contributed by atoms with E-state index in [0.29, 0.717) is 41.8 Å². The Morgan fingerprint density at radius 3 is 2.45 bits per heavy atom. The van der Waals surface area contributed by atoms with Crippen molar-refractivity contribution in [2.24, 2.45) is 5.73 Å². The van der Waals surface area contributed by atoms with Gasteiger partial charge in [-0.1, -0.05) is 30.7 Å². The Hall–Kier alpha value is -2.51.